The van der Waals surface area contributed by atoms with Crippen LogP contribution in [0.3, 0.4) is 0 Å². The normalized spacial score (nSPS) is 24.6. The first kappa shape index (κ1) is 14.0. The van der Waals surface area contributed by atoms with Gasteiger partial charge in [-0.25, -0.2) is 0 Å². The lowest BCUT2D eigenvalue weighted by molar-refractivity contribution is -0.162. The molecule has 0 atom stereocenters. The van der Waals surface area contributed by atoms with Crippen LogP contribution in [0.1, 0.15) is 32.6 Å². The van der Waals surface area contributed by atoms with E-state index in [1.54, 1.807) is 0 Å². The van der Waals surface area contributed by atoms with Gasteiger partial charge in [-0.2, -0.15) is 0 Å². The molecule has 6 nitrogen and oxygen atoms in total. The minimum Gasteiger partial charge on any atom is -0.481 e. The molecule has 0 aromatic rings. The number of carbonyl (C=O) groups excluding carboxylic acids is 2. The van der Waals surface area contributed by atoms with Crippen LogP contribution in [0, 0.1) is 11.3 Å². The second kappa shape index (κ2) is 5.28. The molecule has 2 aliphatic rings. The number of piperidine rings is 1. The molecule has 1 N–H and O–H groups in total. The van der Waals surface area contributed by atoms with Gasteiger partial charge in [0.05, 0.1) is 5.41 Å². The molecule has 2 rings (SSSR count). The molecule has 0 aromatic carbocycles. The van der Waals surface area contributed by atoms with E-state index in [-0.39, 0.29) is 24.3 Å². The van der Waals surface area contributed by atoms with Gasteiger partial charge in [-0.3, -0.25) is 19.3 Å². The monoisotopic (exact) mass is 269 g/mol. The van der Waals surface area contributed by atoms with Gasteiger partial charge in [-0.15, -0.1) is 0 Å². The number of amides is 2. The van der Waals surface area contributed by atoms with Gasteiger partial charge < -0.3 is 9.84 Å². The summed E-state index contributed by atoms with van der Waals surface area (Å²) >= 11 is 0. The minimum absolute atomic E-state index is 0.0178. The Morgan fingerprint density at radius 1 is 1.32 bits per heavy atom. The molecule has 2 heterocycles. The summed E-state index contributed by atoms with van der Waals surface area (Å²) < 4.78 is 5.18. The van der Waals surface area contributed by atoms with Crippen LogP contribution in [-0.2, 0) is 19.1 Å². The summed E-state index contributed by atoms with van der Waals surface area (Å²) in [6, 6.07) is 0. The number of rotatable bonds is 3. The Morgan fingerprint density at radius 3 is 2.32 bits per heavy atom. The smallest absolute Gasteiger partial charge is 0.311 e. The summed E-state index contributed by atoms with van der Waals surface area (Å²) in [5, 5.41) is 9.44. The highest BCUT2D eigenvalue weighted by Gasteiger charge is 2.45. The topological polar surface area (TPSA) is 83.9 Å². The maximum Gasteiger partial charge on any atom is 0.311 e. The van der Waals surface area contributed by atoms with Gasteiger partial charge in [0, 0.05) is 32.6 Å². The van der Waals surface area contributed by atoms with Crippen molar-refractivity contribution in [3.05, 3.63) is 0 Å². The molecule has 0 radical (unpaired) electrons. The fourth-order valence-electron chi connectivity index (χ4n) is 2.71. The van der Waals surface area contributed by atoms with Crippen molar-refractivity contribution in [3.63, 3.8) is 0 Å². The number of aliphatic carboxylic acids is 1. The summed E-state index contributed by atoms with van der Waals surface area (Å²) in [6.07, 6.45) is 1.32. The average Bonchev–Trinajstić information content (AvgIpc) is 2.35. The second-order valence-electron chi connectivity index (χ2n) is 5.58. The van der Waals surface area contributed by atoms with Crippen LogP contribution in [0.4, 0.5) is 0 Å². The van der Waals surface area contributed by atoms with Crippen molar-refractivity contribution in [2.24, 2.45) is 11.3 Å². The highest BCUT2D eigenvalue weighted by atomic mass is 16.5. The third-order valence-electron chi connectivity index (χ3n) is 4.01. The highest BCUT2D eigenvalue weighted by Crippen LogP contribution is 2.33. The molecule has 0 aliphatic carbocycles. The first-order valence-electron chi connectivity index (χ1n) is 6.59. The number of imide groups is 1. The molecule has 0 aromatic heterocycles. The Hall–Kier alpha value is -1.43. The Balaban J connectivity index is 2.15. The zero-order valence-electron chi connectivity index (χ0n) is 11.1. The first-order chi connectivity index (χ1) is 8.94. The van der Waals surface area contributed by atoms with E-state index in [1.807, 2.05) is 6.92 Å². The summed E-state index contributed by atoms with van der Waals surface area (Å²) in [6.45, 7) is 2.56. The summed E-state index contributed by atoms with van der Waals surface area (Å²) in [7, 11) is 0. The molecule has 0 spiro atoms. The maximum atomic E-state index is 11.9. The molecule has 2 fully saturated rings. The number of likely N-dealkylation sites (tertiary alicyclic amines) is 1. The molecular weight excluding hydrogens is 250 g/mol. The van der Waals surface area contributed by atoms with Crippen LogP contribution >= 0.6 is 0 Å². The Bertz CT molecular complexity index is 382. The van der Waals surface area contributed by atoms with Crippen LogP contribution in [-0.4, -0.2) is 47.5 Å². The van der Waals surface area contributed by atoms with E-state index in [2.05, 4.69) is 0 Å². The molecule has 2 saturated heterocycles. The molecule has 2 amide bonds. The van der Waals surface area contributed by atoms with Crippen molar-refractivity contribution in [3.8, 4) is 0 Å². The van der Waals surface area contributed by atoms with Gasteiger partial charge in [0.1, 0.15) is 0 Å². The molecule has 6 heteroatoms. The van der Waals surface area contributed by atoms with E-state index in [0.717, 1.165) is 4.90 Å². The molecule has 2 aliphatic heterocycles. The number of hydrogen-bond donors (Lipinski definition) is 1. The SMILES string of the molecule is CC1CC(=O)N(CC2(C(=O)O)CCOCC2)C(=O)C1. The van der Waals surface area contributed by atoms with Crippen LogP contribution in [0.5, 0.6) is 0 Å². The lowest BCUT2D eigenvalue weighted by atomic mass is 9.79. The average molecular weight is 269 g/mol. The molecule has 19 heavy (non-hydrogen) atoms. The third kappa shape index (κ3) is 2.78. The van der Waals surface area contributed by atoms with E-state index in [4.69, 9.17) is 4.74 Å². The zero-order chi connectivity index (χ0) is 14.0. The van der Waals surface area contributed by atoms with Gasteiger partial charge in [0.2, 0.25) is 11.8 Å². The minimum atomic E-state index is -1.04. The molecule has 106 valence electrons. The van der Waals surface area contributed by atoms with Crippen molar-refractivity contribution < 1.29 is 24.2 Å². The summed E-state index contributed by atoms with van der Waals surface area (Å²) in [5.74, 6) is -1.41. The number of hydrogen-bond acceptors (Lipinski definition) is 4. The Morgan fingerprint density at radius 2 is 1.84 bits per heavy atom. The van der Waals surface area contributed by atoms with E-state index in [0.29, 0.717) is 38.9 Å². The second-order valence-corrected chi connectivity index (χ2v) is 5.58. The van der Waals surface area contributed by atoms with Gasteiger partial charge in [0.25, 0.3) is 0 Å². The van der Waals surface area contributed by atoms with Gasteiger partial charge >= 0.3 is 5.97 Å². The Labute approximate surface area is 111 Å². The standard InChI is InChI=1S/C13H19NO5/c1-9-6-10(15)14(11(16)7-9)8-13(12(17)18)2-4-19-5-3-13/h9H,2-8H2,1H3,(H,17,18). The van der Waals surface area contributed by atoms with Crippen LogP contribution in [0.25, 0.3) is 0 Å². The first-order valence-corrected chi connectivity index (χ1v) is 6.59. The fourth-order valence-corrected chi connectivity index (χ4v) is 2.71. The number of carboxylic acid groups (broad SMARTS) is 1. The Kier molecular flexibility index (Phi) is 3.89. The molecule has 0 unspecified atom stereocenters. The van der Waals surface area contributed by atoms with Crippen LogP contribution in [0.2, 0.25) is 0 Å². The fraction of sp³-hybridized carbons (Fsp3) is 0.769. The summed E-state index contributed by atoms with van der Waals surface area (Å²) in [5.41, 5.74) is -1.04. The largest absolute Gasteiger partial charge is 0.481 e. The molecular formula is C13H19NO5. The lowest BCUT2D eigenvalue weighted by Gasteiger charge is -2.38. The van der Waals surface area contributed by atoms with Crippen LogP contribution in [0.15, 0.2) is 0 Å². The van der Waals surface area contributed by atoms with E-state index in [9.17, 15) is 19.5 Å². The maximum absolute atomic E-state index is 11.9. The number of carboxylic acids is 1. The van der Waals surface area contributed by atoms with Gasteiger partial charge in [-0.1, -0.05) is 6.92 Å². The molecule has 0 saturated carbocycles. The van der Waals surface area contributed by atoms with E-state index >= 15 is 0 Å². The lowest BCUT2D eigenvalue weighted by Crippen LogP contribution is -2.52. The number of nitrogens with zero attached hydrogens (tertiary/aromatic N) is 1. The van der Waals surface area contributed by atoms with Gasteiger partial charge in [0.15, 0.2) is 0 Å². The van der Waals surface area contributed by atoms with Crippen molar-refractivity contribution in [2.45, 2.75) is 32.6 Å². The number of ether oxygens (including phenoxy) is 1. The van der Waals surface area contributed by atoms with Gasteiger partial charge in [-0.05, 0) is 18.8 Å². The van der Waals surface area contributed by atoms with E-state index < -0.39 is 11.4 Å². The molecule has 0 bridgehead atoms. The number of carbonyl (C=O) groups is 3. The van der Waals surface area contributed by atoms with Crippen molar-refractivity contribution in [1.82, 2.24) is 4.90 Å². The van der Waals surface area contributed by atoms with E-state index in [1.165, 1.54) is 0 Å². The van der Waals surface area contributed by atoms with Crippen molar-refractivity contribution >= 4 is 17.8 Å². The predicted molar refractivity (Wildman–Crippen MR) is 65.2 cm³/mol. The zero-order valence-corrected chi connectivity index (χ0v) is 11.1. The van der Waals surface area contributed by atoms with Crippen LogP contribution < -0.4 is 0 Å². The summed E-state index contributed by atoms with van der Waals surface area (Å²) in [4.78, 5) is 36.5. The van der Waals surface area contributed by atoms with Crippen molar-refractivity contribution in [2.75, 3.05) is 19.8 Å². The third-order valence-corrected chi connectivity index (χ3v) is 4.01. The highest BCUT2D eigenvalue weighted by molar-refractivity contribution is 5.98. The predicted octanol–water partition coefficient (Wildman–Crippen LogP) is 0.653. The van der Waals surface area contributed by atoms with Crippen molar-refractivity contribution in [1.29, 1.82) is 0 Å². The quantitative estimate of drug-likeness (QED) is 0.761.